The van der Waals surface area contributed by atoms with Crippen molar-refractivity contribution in [2.24, 2.45) is 0 Å². The molecule has 0 saturated heterocycles. The van der Waals surface area contributed by atoms with Gasteiger partial charge in [0.1, 0.15) is 7.05 Å². The van der Waals surface area contributed by atoms with E-state index in [-0.39, 0.29) is 0 Å². The van der Waals surface area contributed by atoms with Gasteiger partial charge in [-0.1, -0.05) is 18.2 Å². The SMILES string of the molecule is C[NH+]1[N-]c2ccccc2O1. The molecular formula is C7H8N2O. The lowest BCUT2D eigenvalue weighted by atomic mass is 10.3. The van der Waals surface area contributed by atoms with Gasteiger partial charge in [0.05, 0.1) is 0 Å². The molecule has 1 aliphatic rings. The smallest absolute Gasteiger partial charge is 0.178 e. The minimum atomic E-state index is 0.723. The van der Waals surface area contributed by atoms with Crippen molar-refractivity contribution in [1.82, 2.24) is 0 Å². The zero-order valence-electron chi connectivity index (χ0n) is 5.66. The summed E-state index contributed by atoms with van der Waals surface area (Å²) < 4.78 is 0. The summed E-state index contributed by atoms with van der Waals surface area (Å²) in [5.74, 6) is 0.861. The summed E-state index contributed by atoms with van der Waals surface area (Å²) in [6, 6.07) is 7.73. The summed E-state index contributed by atoms with van der Waals surface area (Å²) >= 11 is 0. The van der Waals surface area contributed by atoms with Gasteiger partial charge in [0, 0.05) is 0 Å². The van der Waals surface area contributed by atoms with E-state index in [1.165, 1.54) is 0 Å². The summed E-state index contributed by atoms with van der Waals surface area (Å²) in [6.07, 6.45) is 0. The lowest BCUT2D eigenvalue weighted by Gasteiger charge is -2.12. The second kappa shape index (κ2) is 1.88. The van der Waals surface area contributed by atoms with Crippen LogP contribution < -0.4 is 10.0 Å². The van der Waals surface area contributed by atoms with Crippen LogP contribution in [0.1, 0.15) is 0 Å². The second-order valence-corrected chi connectivity index (χ2v) is 2.20. The van der Waals surface area contributed by atoms with E-state index in [9.17, 15) is 0 Å². The predicted octanol–water partition coefficient (Wildman–Crippen LogP) is 0.429. The molecule has 1 atom stereocenters. The molecule has 1 unspecified atom stereocenters. The number of hydroxylamine groups is 1. The number of hydrogen-bond donors (Lipinski definition) is 1. The van der Waals surface area contributed by atoms with Crippen molar-refractivity contribution in [2.45, 2.75) is 0 Å². The third-order valence-corrected chi connectivity index (χ3v) is 1.40. The van der Waals surface area contributed by atoms with E-state index < -0.39 is 0 Å². The lowest BCUT2D eigenvalue weighted by Crippen LogP contribution is -3.04. The Balaban J connectivity index is 2.42. The Kier molecular flexibility index (Phi) is 1.05. The zero-order valence-corrected chi connectivity index (χ0v) is 5.66. The van der Waals surface area contributed by atoms with Crippen LogP contribution in [0.25, 0.3) is 5.43 Å². The van der Waals surface area contributed by atoms with Gasteiger partial charge in [0.25, 0.3) is 0 Å². The van der Waals surface area contributed by atoms with Gasteiger partial charge in [-0.3, -0.25) is 0 Å². The quantitative estimate of drug-likeness (QED) is 0.550. The maximum absolute atomic E-state index is 5.26. The average Bonchev–Trinajstić information content (AvgIpc) is 2.27. The van der Waals surface area contributed by atoms with Crippen LogP contribution in [0.5, 0.6) is 5.75 Å². The van der Waals surface area contributed by atoms with Crippen molar-refractivity contribution < 1.29 is 10.0 Å². The van der Waals surface area contributed by atoms with Crippen molar-refractivity contribution in [3.8, 4) is 5.75 Å². The molecule has 1 N–H and O–H groups in total. The molecule has 10 heavy (non-hydrogen) atoms. The van der Waals surface area contributed by atoms with Crippen LogP contribution in [0.4, 0.5) is 5.69 Å². The molecule has 1 heterocycles. The van der Waals surface area contributed by atoms with Crippen LogP contribution in [-0.2, 0) is 0 Å². The van der Waals surface area contributed by atoms with E-state index in [1.54, 1.807) is 0 Å². The van der Waals surface area contributed by atoms with E-state index >= 15 is 0 Å². The molecule has 0 saturated carbocycles. The second-order valence-electron chi connectivity index (χ2n) is 2.20. The first-order valence-electron chi connectivity index (χ1n) is 3.18. The fourth-order valence-corrected chi connectivity index (χ4v) is 0.987. The number of hydrogen-bond acceptors (Lipinski definition) is 1. The van der Waals surface area contributed by atoms with Crippen molar-refractivity contribution in [3.63, 3.8) is 0 Å². The lowest BCUT2D eigenvalue weighted by molar-refractivity contribution is -1.01. The molecule has 2 rings (SSSR count). The molecular weight excluding hydrogens is 128 g/mol. The summed E-state index contributed by atoms with van der Waals surface area (Å²) in [7, 11) is 1.85. The van der Waals surface area contributed by atoms with Crippen LogP contribution in [0.15, 0.2) is 24.3 Å². The van der Waals surface area contributed by atoms with E-state index in [0.29, 0.717) is 0 Å². The summed E-state index contributed by atoms with van der Waals surface area (Å²) in [6.45, 7) is 0. The molecule has 0 aromatic heterocycles. The number of quaternary nitrogens is 1. The van der Waals surface area contributed by atoms with Crippen molar-refractivity contribution in [1.29, 1.82) is 0 Å². The normalized spacial score (nSPS) is 21.1. The summed E-state index contributed by atoms with van der Waals surface area (Å²) in [5.41, 5.74) is 5.08. The predicted molar refractivity (Wildman–Crippen MR) is 37.0 cm³/mol. The topological polar surface area (TPSA) is 27.8 Å². The Hall–Kier alpha value is -1.22. The third kappa shape index (κ3) is 0.717. The highest BCUT2D eigenvalue weighted by molar-refractivity contribution is 5.58. The number of rotatable bonds is 0. The Bertz CT molecular complexity index is 224. The molecule has 0 spiro atoms. The van der Waals surface area contributed by atoms with E-state index in [4.69, 9.17) is 4.84 Å². The molecule has 0 bridgehead atoms. The standard InChI is InChI=1S/C7H8N2O/c1-9-8-6-4-2-3-5-7(6)10-9/h2-5,9H,1H3. The number of nitrogens with one attached hydrogen (secondary N) is 1. The monoisotopic (exact) mass is 136 g/mol. The van der Waals surface area contributed by atoms with Gasteiger partial charge in [0.2, 0.25) is 0 Å². The van der Waals surface area contributed by atoms with E-state index in [0.717, 1.165) is 16.6 Å². The van der Waals surface area contributed by atoms with Crippen molar-refractivity contribution in [3.05, 3.63) is 29.7 Å². The van der Waals surface area contributed by atoms with Gasteiger partial charge in [0.15, 0.2) is 5.75 Å². The summed E-state index contributed by atoms with van der Waals surface area (Å²) in [4.78, 5) is 5.26. The van der Waals surface area contributed by atoms with Gasteiger partial charge >= 0.3 is 0 Å². The van der Waals surface area contributed by atoms with Crippen LogP contribution in [0.3, 0.4) is 0 Å². The summed E-state index contributed by atoms with van der Waals surface area (Å²) in [5, 5.41) is 0.723. The van der Waals surface area contributed by atoms with Crippen LogP contribution in [-0.4, -0.2) is 7.05 Å². The highest BCUT2D eigenvalue weighted by Crippen LogP contribution is 2.30. The van der Waals surface area contributed by atoms with Gasteiger partial charge in [-0.05, 0) is 11.8 Å². The van der Waals surface area contributed by atoms with Gasteiger partial charge in [-0.2, -0.15) is 5.17 Å². The number of para-hydroxylation sites is 2. The van der Waals surface area contributed by atoms with Gasteiger partial charge in [-0.15, -0.1) is 0 Å². The van der Waals surface area contributed by atoms with E-state index in [2.05, 4.69) is 5.43 Å². The minimum absolute atomic E-state index is 0.723. The van der Waals surface area contributed by atoms with Crippen LogP contribution in [0, 0.1) is 0 Å². The Labute approximate surface area is 59.1 Å². The Morgan fingerprint density at radius 3 is 3.00 bits per heavy atom. The Morgan fingerprint density at radius 2 is 2.20 bits per heavy atom. The highest BCUT2D eigenvalue weighted by Gasteiger charge is 2.08. The van der Waals surface area contributed by atoms with Crippen LogP contribution in [0.2, 0.25) is 0 Å². The highest BCUT2D eigenvalue weighted by atomic mass is 16.7. The van der Waals surface area contributed by atoms with E-state index in [1.807, 2.05) is 31.3 Å². The zero-order chi connectivity index (χ0) is 6.97. The Morgan fingerprint density at radius 1 is 1.40 bits per heavy atom. The molecule has 3 nitrogen and oxygen atoms in total. The van der Waals surface area contributed by atoms with Gasteiger partial charge in [-0.25, -0.2) is 0 Å². The first-order chi connectivity index (χ1) is 4.86. The maximum atomic E-state index is 5.26. The van der Waals surface area contributed by atoms with Crippen molar-refractivity contribution >= 4 is 5.69 Å². The molecule has 1 aliphatic heterocycles. The first-order valence-corrected chi connectivity index (χ1v) is 3.18. The van der Waals surface area contributed by atoms with Crippen LogP contribution >= 0.6 is 0 Å². The molecule has 0 amide bonds. The average molecular weight is 136 g/mol. The first kappa shape index (κ1) is 5.56. The van der Waals surface area contributed by atoms with Gasteiger partial charge < -0.3 is 10.3 Å². The number of benzene rings is 1. The molecule has 52 valence electrons. The minimum Gasteiger partial charge on any atom is -0.441 e. The molecule has 0 radical (unpaired) electrons. The molecule has 1 aromatic rings. The maximum Gasteiger partial charge on any atom is 0.178 e. The fraction of sp³-hybridized carbons (Fsp3) is 0.143. The molecule has 0 aliphatic carbocycles. The fourth-order valence-electron chi connectivity index (χ4n) is 0.987. The largest absolute Gasteiger partial charge is 0.441 e. The number of fused-ring (bicyclic) bond motifs is 1. The third-order valence-electron chi connectivity index (χ3n) is 1.40. The molecule has 1 aromatic carbocycles. The molecule has 3 heteroatoms. The van der Waals surface area contributed by atoms with Crippen molar-refractivity contribution in [2.75, 3.05) is 7.05 Å². The molecule has 0 fully saturated rings. The number of nitrogens with zero attached hydrogens (tertiary/aromatic N) is 1.